The topological polar surface area (TPSA) is 41.6 Å². The molecule has 0 spiro atoms. The van der Waals surface area contributed by atoms with Crippen LogP contribution < -0.4 is 5.45 Å². The Kier molecular flexibility index (Phi) is 0.939. The third kappa shape index (κ3) is 0.864. The Bertz CT molecular complexity index is 142. The molecule has 1 N–H and O–H groups in total. The van der Waals surface area contributed by atoms with Crippen molar-refractivity contribution in [3.8, 4) is 0 Å². The Morgan fingerprint density at radius 2 is 2.43 bits per heavy atom. The lowest BCUT2D eigenvalue weighted by atomic mass is 10.8. The Morgan fingerprint density at radius 3 is 2.57 bits per heavy atom. The van der Waals surface area contributed by atoms with Gasteiger partial charge in [0.1, 0.15) is 21.5 Å². The van der Waals surface area contributed by atoms with Gasteiger partial charge < -0.3 is 0 Å². The zero-order valence-electron chi connectivity index (χ0n) is 3.89. The summed E-state index contributed by atoms with van der Waals surface area (Å²) in [7, 11) is 3.12. The van der Waals surface area contributed by atoms with Gasteiger partial charge in [0.25, 0.3) is 0 Å². The number of H-pyrrole nitrogens is 1. The van der Waals surface area contributed by atoms with Crippen LogP contribution in [0.15, 0.2) is 0 Å². The molecule has 3 nitrogen and oxygen atoms in total. The van der Waals surface area contributed by atoms with Gasteiger partial charge in [0.2, 0.25) is 0 Å². The lowest BCUT2D eigenvalue weighted by molar-refractivity contribution is 1.04. The fourth-order valence-electron chi connectivity index (χ4n) is 0.343. The van der Waals surface area contributed by atoms with Crippen LogP contribution in [0.2, 0.25) is 0 Å². The molecule has 1 aromatic heterocycles. The van der Waals surface area contributed by atoms with Gasteiger partial charge >= 0.3 is 0 Å². The summed E-state index contributed by atoms with van der Waals surface area (Å²) >= 11 is 0. The van der Waals surface area contributed by atoms with E-state index in [1.807, 2.05) is 6.92 Å². The molecule has 4 heteroatoms. The van der Waals surface area contributed by atoms with Crippen molar-refractivity contribution in [2.24, 2.45) is 0 Å². The molecular weight excluding hydrogens is 106 g/mol. The Hall–Kier alpha value is -0.643. The summed E-state index contributed by atoms with van der Waals surface area (Å²) in [4.78, 5) is 3.86. The first-order chi connectivity index (χ1) is 3.29. The van der Waals surface area contributed by atoms with Gasteiger partial charge in [-0.25, -0.2) is 4.98 Å². The van der Waals surface area contributed by atoms with Crippen LogP contribution in [0.3, 0.4) is 0 Å². The second kappa shape index (κ2) is 1.46. The summed E-state index contributed by atoms with van der Waals surface area (Å²) in [6, 6.07) is 0. The van der Waals surface area contributed by atoms with Gasteiger partial charge in [0.15, 0.2) is 0 Å². The molecular formula is C3H4N3Si. The number of aromatic nitrogens is 3. The first-order valence-electron chi connectivity index (χ1n) is 1.89. The molecule has 0 bridgehead atoms. The molecule has 0 saturated heterocycles. The lowest BCUT2D eigenvalue weighted by Gasteiger charge is -1.68. The summed E-state index contributed by atoms with van der Waals surface area (Å²) in [6.07, 6.45) is 0. The summed E-state index contributed by atoms with van der Waals surface area (Å²) in [5.41, 5.74) is 0.609. The predicted molar refractivity (Wildman–Crippen MR) is 26.5 cm³/mol. The Balaban J connectivity index is 3.04. The summed E-state index contributed by atoms with van der Waals surface area (Å²) in [5, 5.41) is 6.35. The summed E-state index contributed by atoms with van der Waals surface area (Å²) in [5.74, 6) is 0.824. The van der Waals surface area contributed by atoms with E-state index < -0.39 is 0 Å². The second-order valence-corrected chi connectivity index (χ2v) is 1.69. The normalized spacial score (nSPS) is 9.43. The van der Waals surface area contributed by atoms with Crippen LogP contribution in [0.1, 0.15) is 5.82 Å². The molecule has 1 heterocycles. The quantitative estimate of drug-likeness (QED) is 0.431. The minimum absolute atomic E-state index is 0.609. The van der Waals surface area contributed by atoms with E-state index in [0.29, 0.717) is 5.45 Å². The van der Waals surface area contributed by atoms with Crippen molar-refractivity contribution >= 4 is 15.7 Å². The standard InChI is InChI=1S/C3H4N3Si/c1-2-4-3(7)6-5-2/h1H3,(H,4,5,6). The third-order valence-corrected chi connectivity index (χ3v) is 0.821. The van der Waals surface area contributed by atoms with Crippen LogP contribution in [0, 0.1) is 6.92 Å². The molecule has 0 aliphatic carbocycles. The molecule has 0 unspecified atom stereocenters. The lowest BCUT2D eigenvalue weighted by Crippen LogP contribution is -2.05. The van der Waals surface area contributed by atoms with Crippen LogP contribution in [0.5, 0.6) is 0 Å². The first-order valence-corrected chi connectivity index (χ1v) is 2.39. The van der Waals surface area contributed by atoms with Crippen LogP contribution in [0.25, 0.3) is 0 Å². The maximum atomic E-state index is 3.86. The summed E-state index contributed by atoms with van der Waals surface area (Å²) < 4.78 is 0. The fraction of sp³-hybridized carbons (Fsp3) is 0.333. The van der Waals surface area contributed by atoms with Gasteiger partial charge in [0.05, 0.1) is 0 Å². The van der Waals surface area contributed by atoms with Crippen molar-refractivity contribution in [3.63, 3.8) is 0 Å². The van der Waals surface area contributed by atoms with Crippen molar-refractivity contribution in [1.82, 2.24) is 15.2 Å². The average molecular weight is 110 g/mol. The highest BCUT2D eigenvalue weighted by Crippen LogP contribution is 1.71. The number of rotatable bonds is 0. The van der Waals surface area contributed by atoms with Gasteiger partial charge in [-0.15, -0.1) is 0 Å². The SMILES string of the molecule is Cc1nc([Si])n[nH]1. The van der Waals surface area contributed by atoms with Gasteiger partial charge in [-0.3, -0.25) is 5.10 Å². The maximum absolute atomic E-state index is 3.86. The van der Waals surface area contributed by atoms with Crippen molar-refractivity contribution in [3.05, 3.63) is 5.82 Å². The molecule has 0 amide bonds. The third-order valence-electron chi connectivity index (χ3n) is 0.597. The number of hydrogen-bond donors (Lipinski definition) is 1. The minimum Gasteiger partial charge on any atom is -0.264 e. The van der Waals surface area contributed by atoms with E-state index in [2.05, 4.69) is 25.4 Å². The van der Waals surface area contributed by atoms with E-state index in [1.165, 1.54) is 0 Å². The average Bonchev–Trinajstić information content (AvgIpc) is 1.87. The highest BCUT2D eigenvalue weighted by molar-refractivity contribution is 6.28. The highest BCUT2D eigenvalue weighted by atomic mass is 28.1. The van der Waals surface area contributed by atoms with E-state index in [0.717, 1.165) is 5.82 Å². The molecule has 0 aromatic carbocycles. The van der Waals surface area contributed by atoms with Gasteiger partial charge in [-0.1, -0.05) is 0 Å². The fourth-order valence-corrected chi connectivity index (χ4v) is 0.566. The van der Waals surface area contributed by atoms with Gasteiger partial charge in [-0.05, 0) is 6.92 Å². The molecule has 35 valence electrons. The van der Waals surface area contributed by atoms with Gasteiger partial charge in [0, 0.05) is 0 Å². The monoisotopic (exact) mass is 110 g/mol. The highest BCUT2D eigenvalue weighted by Gasteiger charge is 1.86. The van der Waals surface area contributed by atoms with Crippen molar-refractivity contribution in [2.45, 2.75) is 6.92 Å². The van der Waals surface area contributed by atoms with E-state index in [4.69, 9.17) is 0 Å². The number of aryl methyl sites for hydroxylation is 1. The number of nitrogens with zero attached hydrogens (tertiary/aromatic N) is 2. The maximum Gasteiger partial charge on any atom is 0.131 e. The number of nitrogens with one attached hydrogen (secondary N) is 1. The van der Waals surface area contributed by atoms with E-state index in [9.17, 15) is 0 Å². The molecule has 7 heavy (non-hydrogen) atoms. The van der Waals surface area contributed by atoms with Gasteiger partial charge in [-0.2, -0.15) is 5.10 Å². The van der Waals surface area contributed by atoms with Crippen LogP contribution >= 0.6 is 0 Å². The zero-order valence-corrected chi connectivity index (χ0v) is 4.89. The van der Waals surface area contributed by atoms with Crippen LogP contribution in [0.4, 0.5) is 0 Å². The molecule has 1 aromatic rings. The molecule has 0 aliphatic rings. The zero-order chi connectivity index (χ0) is 5.28. The number of aromatic amines is 1. The largest absolute Gasteiger partial charge is 0.264 e. The van der Waals surface area contributed by atoms with Crippen molar-refractivity contribution < 1.29 is 0 Å². The summed E-state index contributed by atoms with van der Waals surface area (Å²) in [6.45, 7) is 1.84. The molecule has 0 aliphatic heterocycles. The smallest absolute Gasteiger partial charge is 0.131 e. The molecule has 0 saturated carbocycles. The molecule has 1 rings (SSSR count). The molecule has 3 radical (unpaired) electrons. The Morgan fingerprint density at radius 1 is 1.71 bits per heavy atom. The van der Waals surface area contributed by atoms with Crippen LogP contribution in [-0.2, 0) is 0 Å². The molecule has 0 fully saturated rings. The Labute approximate surface area is 44.6 Å². The predicted octanol–water partition coefficient (Wildman–Crippen LogP) is -1.09. The second-order valence-electron chi connectivity index (χ2n) is 1.24. The van der Waals surface area contributed by atoms with Crippen molar-refractivity contribution in [2.75, 3.05) is 0 Å². The van der Waals surface area contributed by atoms with E-state index >= 15 is 0 Å². The van der Waals surface area contributed by atoms with Crippen LogP contribution in [-0.4, -0.2) is 25.4 Å². The van der Waals surface area contributed by atoms with E-state index in [1.54, 1.807) is 0 Å². The van der Waals surface area contributed by atoms with Crippen molar-refractivity contribution in [1.29, 1.82) is 0 Å². The first kappa shape index (κ1) is 4.51. The van der Waals surface area contributed by atoms with E-state index in [-0.39, 0.29) is 0 Å². The minimum atomic E-state index is 0.609. The molecule has 0 atom stereocenters. The number of hydrogen-bond acceptors (Lipinski definition) is 2.